The quantitative estimate of drug-likeness (QED) is 0.770. The lowest BCUT2D eigenvalue weighted by Gasteiger charge is -2.33. The number of methoxy groups -OCH3 is 2. The summed E-state index contributed by atoms with van der Waals surface area (Å²) in [5, 5.41) is 12.1. The molecule has 160 valence electrons. The zero-order valence-electron chi connectivity index (χ0n) is 17.4. The van der Waals surface area contributed by atoms with Crippen LogP contribution in [0.1, 0.15) is 44.0 Å². The third-order valence-corrected chi connectivity index (χ3v) is 4.46. The number of piperidine rings is 1. The number of nitrogens with one attached hydrogen (secondary N) is 1. The van der Waals surface area contributed by atoms with E-state index < -0.39 is 23.6 Å². The fourth-order valence-corrected chi connectivity index (χ4v) is 3.08. The van der Waals surface area contributed by atoms with Crippen LogP contribution in [0.3, 0.4) is 0 Å². The molecule has 1 aliphatic rings. The van der Waals surface area contributed by atoms with Crippen LogP contribution < -0.4 is 14.8 Å². The molecule has 1 aromatic carbocycles. The summed E-state index contributed by atoms with van der Waals surface area (Å²) in [4.78, 5) is 38.2. The van der Waals surface area contributed by atoms with Gasteiger partial charge in [-0.3, -0.25) is 4.79 Å². The highest BCUT2D eigenvalue weighted by Gasteiger charge is 2.31. The maximum absolute atomic E-state index is 12.8. The molecule has 0 saturated carbocycles. The highest BCUT2D eigenvalue weighted by molar-refractivity contribution is 6.02. The second-order valence-corrected chi connectivity index (χ2v) is 7.81. The van der Waals surface area contributed by atoms with Gasteiger partial charge in [0.05, 0.1) is 31.4 Å². The number of hydrogen-bond donors (Lipinski definition) is 2. The summed E-state index contributed by atoms with van der Waals surface area (Å²) < 4.78 is 15.7. The second-order valence-electron chi connectivity index (χ2n) is 7.81. The van der Waals surface area contributed by atoms with Gasteiger partial charge in [-0.15, -0.1) is 0 Å². The molecule has 0 spiro atoms. The lowest BCUT2D eigenvalue weighted by Crippen LogP contribution is -2.45. The Hall–Kier alpha value is -2.97. The summed E-state index contributed by atoms with van der Waals surface area (Å²) in [6.07, 6.45) is 0.767. The van der Waals surface area contributed by atoms with Crippen LogP contribution in [0.2, 0.25) is 0 Å². The van der Waals surface area contributed by atoms with E-state index in [0.717, 1.165) is 0 Å². The normalized spacial score (nSPS) is 16.7. The number of carboxylic acid groups (broad SMARTS) is 1. The lowest BCUT2D eigenvalue weighted by atomic mass is 9.97. The van der Waals surface area contributed by atoms with Gasteiger partial charge in [0, 0.05) is 25.2 Å². The number of rotatable bonds is 5. The van der Waals surface area contributed by atoms with Crippen LogP contribution in [0.4, 0.5) is 10.5 Å². The molecule has 1 aromatic rings. The number of nitrogens with zero attached hydrogens (tertiary/aromatic N) is 1. The zero-order valence-corrected chi connectivity index (χ0v) is 17.4. The van der Waals surface area contributed by atoms with Gasteiger partial charge >= 0.3 is 12.1 Å². The molecule has 9 heteroatoms. The number of carboxylic acids is 1. The topological polar surface area (TPSA) is 114 Å². The van der Waals surface area contributed by atoms with E-state index in [-0.39, 0.29) is 29.5 Å². The molecule has 1 heterocycles. The third kappa shape index (κ3) is 5.75. The Morgan fingerprint density at radius 3 is 2.31 bits per heavy atom. The molecule has 1 aliphatic heterocycles. The summed E-state index contributed by atoms with van der Waals surface area (Å²) >= 11 is 0. The van der Waals surface area contributed by atoms with E-state index in [1.54, 1.807) is 20.8 Å². The first-order chi connectivity index (χ1) is 13.6. The largest absolute Gasteiger partial charge is 0.493 e. The standard InChI is InChI=1S/C20H28N2O7/c1-20(2,3)29-19(26)22-8-6-7-12(11-22)17(23)21-14-10-16(28-5)15(27-4)9-13(14)18(24)25/h9-10,12H,6-8,11H2,1-5H3,(H,21,23)(H,24,25). The molecule has 1 atom stereocenters. The van der Waals surface area contributed by atoms with E-state index in [1.807, 2.05) is 0 Å². The Morgan fingerprint density at radius 2 is 1.76 bits per heavy atom. The van der Waals surface area contributed by atoms with Gasteiger partial charge in [-0.1, -0.05) is 0 Å². The van der Waals surface area contributed by atoms with Crippen LogP contribution in [0, 0.1) is 5.92 Å². The van der Waals surface area contributed by atoms with Crippen LogP contribution in [-0.2, 0) is 9.53 Å². The third-order valence-electron chi connectivity index (χ3n) is 4.46. The van der Waals surface area contributed by atoms with E-state index >= 15 is 0 Å². The van der Waals surface area contributed by atoms with Crippen molar-refractivity contribution < 1.29 is 33.7 Å². The van der Waals surface area contributed by atoms with Gasteiger partial charge in [0.2, 0.25) is 5.91 Å². The molecule has 2 amide bonds. The Balaban J connectivity index is 2.17. The van der Waals surface area contributed by atoms with E-state index in [1.165, 1.54) is 31.3 Å². The maximum atomic E-state index is 12.8. The van der Waals surface area contributed by atoms with Crippen LogP contribution in [0.25, 0.3) is 0 Å². The minimum absolute atomic E-state index is 0.106. The fourth-order valence-electron chi connectivity index (χ4n) is 3.08. The number of carbonyl (C=O) groups is 3. The predicted molar refractivity (Wildman–Crippen MR) is 106 cm³/mol. The number of benzene rings is 1. The Labute approximate surface area is 169 Å². The minimum atomic E-state index is -1.21. The van der Waals surface area contributed by atoms with Crippen molar-refractivity contribution in [3.05, 3.63) is 17.7 Å². The number of hydrogen-bond acceptors (Lipinski definition) is 6. The number of carbonyl (C=O) groups excluding carboxylic acids is 2. The van der Waals surface area contributed by atoms with Crippen molar-refractivity contribution in [2.24, 2.45) is 5.92 Å². The van der Waals surface area contributed by atoms with Crippen LogP contribution >= 0.6 is 0 Å². The molecule has 1 unspecified atom stereocenters. The first-order valence-electron chi connectivity index (χ1n) is 9.33. The molecule has 2 rings (SSSR count). The summed E-state index contributed by atoms with van der Waals surface area (Å²) in [6, 6.07) is 2.71. The summed E-state index contributed by atoms with van der Waals surface area (Å²) in [7, 11) is 2.82. The van der Waals surface area contributed by atoms with E-state index in [0.29, 0.717) is 25.1 Å². The van der Waals surface area contributed by atoms with E-state index in [2.05, 4.69) is 5.32 Å². The van der Waals surface area contributed by atoms with Crippen molar-refractivity contribution in [3.63, 3.8) is 0 Å². The molecule has 0 aromatic heterocycles. The van der Waals surface area contributed by atoms with Gasteiger partial charge in [0.1, 0.15) is 5.60 Å². The van der Waals surface area contributed by atoms with Gasteiger partial charge in [-0.25, -0.2) is 9.59 Å². The van der Waals surface area contributed by atoms with Gasteiger partial charge in [-0.2, -0.15) is 0 Å². The van der Waals surface area contributed by atoms with Crippen LogP contribution in [0.15, 0.2) is 12.1 Å². The molecule has 1 fully saturated rings. The van der Waals surface area contributed by atoms with E-state index in [4.69, 9.17) is 14.2 Å². The number of likely N-dealkylation sites (tertiary alicyclic amines) is 1. The molecule has 0 radical (unpaired) electrons. The molecule has 9 nitrogen and oxygen atoms in total. The number of amides is 2. The van der Waals surface area contributed by atoms with E-state index in [9.17, 15) is 19.5 Å². The molecule has 1 saturated heterocycles. The van der Waals surface area contributed by atoms with Gasteiger partial charge in [-0.05, 0) is 33.6 Å². The smallest absolute Gasteiger partial charge is 0.410 e. The van der Waals surface area contributed by atoms with Crippen molar-refractivity contribution in [2.75, 3.05) is 32.6 Å². The van der Waals surface area contributed by atoms with Gasteiger partial charge in [0.15, 0.2) is 11.5 Å². The summed E-state index contributed by atoms with van der Waals surface area (Å²) in [6.45, 7) is 6.06. The molecular formula is C20H28N2O7. The van der Waals surface area contributed by atoms with Gasteiger partial charge in [0.25, 0.3) is 0 Å². The molecular weight excluding hydrogens is 380 g/mol. The highest BCUT2D eigenvalue weighted by Crippen LogP contribution is 2.34. The fraction of sp³-hybridized carbons (Fsp3) is 0.550. The van der Waals surface area contributed by atoms with Crippen molar-refractivity contribution in [3.8, 4) is 11.5 Å². The maximum Gasteiger partial charge on any atom is 0.410 e. The van der Waals surface area contributed by atoms with Crippen LogP contribution in [0.5, 0.6) is 11.5 Å². The monoisotopic (exact) mass is 408 g/mol. The Kier molecular flexibility index (Phi) is 6.94. The molecule has 2 N–H and O–H groups in total. The zero-order chi connectivity index (χ0) is 21.8. The number of aromatic carboxylic acids is 1. The first kappa shape index (κ1) is 22.3. The van der Waals surface area contributed by atoms with Crippen molar-refractivity contribution >= 4 is 23.7 Å². The number of ether oxygens (including phenoxy) is 3. The first-order valence-corrected chi connectivity index (χ1v) is 9.33. The minimum Gasteiger partial charge on any atom is -0.493 e. The summed E-state index contributed by atoms with van der Waals surface area (Å²) in [5.74, 6) is -1.51. The number of anilines is 1. The van der Waals surface area contributed by atoms with Crippen molar-refractivity contribution in [1.29, 1.82) is 0 Å². The van der Waals surface area contributed by atoms with Crippen molar-refractivity contribution in [1.82, 2.24) is 4.90 Å². The highest BCUT2D eigenvalue weighted by atomic mass is 16.6. The predicted octanol–water partition coefficient (Wildman–Crippen LogP) is 2.99. The average molecular weight is 408 g/mol. The lowest BCUT2D eigenvalue weighted by molar-refractivity contribution is -0.121. The Bertz CT molecular complexity index is 786. The molecule has 0 bridgehead atoms. The average Bonchev–Trinajstić information content (AvgIpc) is 2.66. The van der Waals surface area contributed by atoms with Gasteiger partial charge < -0.3 is 29.5 Å². The van der Waals surface area contributed by atoms with Crippen molar-refractivity contribution in [2.45, 2.75) is 39.2 Å². The SMILES string of the molecule is COc1cc(NC(=O)C2CCCN(C(=O)OC(C)(C)C)C2)c(C(=O)O)cc1OC. The Morgan fingerprint density at radius 1 is 1.14 bits per heavy atom. The summed E-state index contributed by atoms with van der Waals surface area (Å²) in [5.41, 5.74) is -0.632. The second kappa shape index (κ2) is 9.02. The molecule has 0 aliphatic carbocycles. The molecule has 29 heavy (non-hydrogen) atoms. The van der Waals surface area contributed by atoms with Crippen LogP contribution in [-0.4, -0.2) is 60.9 Å².